The fraction of sp³-hybridized carbons (Fsp3) is 1.00. The van der Waals surface area contributed by atoms with Gasteiger partial charge in [-0.2, -0.15) is 17.0 Å². The molecule has 2 aliphatic heterocycles. The van der Waals surface area contributed by atoms with Crippen LogP contribution in [-0.2, 0) is 10.2 Å². The van der Waals surface area contributed by atoms with E-state index in [-0.39, 0.29) is 0 Å². The third-order valence-electron chi connectivity index (χ3n) is 4.51. The molecule has 0 radical (unpaired) electrons. The van der Waals surface area contributed by atoms with Crippen LogP contribution in [-0.4, -0.2) is 74.8 Å². The zero-order valence-corrected chi connectivity index (χ0v) is 13.5. The van der Waals surface area contributed by atoms with E-state index >= 15 is 0 Å². The van der Waals surface area contributed by atoms with Crippen LogP contribution < -0.4 is 5.73 Å². The first-order valence-corrected chi connectivity index (χ1v) is 8.95. The second-order valence-corrected chi connectivity index (χ2v) is 8.41. The molecule has 0 atom stereocenters. The lowest BCUT2D eigenvalue weighted by molar-refractivity contribution is 0.152. The van der Waals surface area contributed by atoms with Crippen LogP contribution in [0.3, 0.4) is 0 Å². The maximum Gasteiger partial charge on any atom is 0.281 e. The summed E-state index contributed by atoms with van der Waals surface area (Å²) >= 11 is 0. The van der Waals surface area contributed by atoms with Gasteiger partial charge in [-0.3, -0.25) is 0 Å². The summed E-state index contributed by atoms with van der Waals surface area (Å²) in [6.07, 6.45) is 4.12. The van der Waals surface area contributed by atoms with Crippen LogP contribution >= 0.6 is 0 Å². The van der Waals surface area contributed by atoms with Crippen LogP contribution in [0.2, 0.25) is 0 Å². The van der Waals surface area contributed by atoms with Gasteiger partial charge >= 0.3 is 0 Å². The highest BCUT2D eigenvalue weighted by Crippen LogP contribution is 2.22. The van der Waals surface area contributed by atoms with Crippen molar-refractivity contribution in [3.8, 4) is 0 Å². The standard InChI is InChI=1S/C13H28N4O2S/c1-15(2)20(18,19)17-9-3-12(4-10-17)11-16-7-5-13(14)6-8-16/h12-13H,3-11,14H2,1-2H3. The van der Waals surface area contributed by atoms with Crippen LogP contribution in [0.5, 0.6) is 0 Å². The number of nitrogens with zero attached hydrogens (tertiary/aromatic N) is 3. The molecule has 0 saturated carbocycles. The Labute approximate surface area is 123 Å². The highest BCUT2D eigenvalue weighted by molar-refractivity contribution is 7.86. The molecule has 2 aliphatic rings. The van der Waals surface area contributed by atoms with Crippen LogP contribution in [0, 0.1) is 5.92 Å². The molecule has 20 heavy (non-hydrogen) atoms. The molecule has 2 saturated heterocycles. The first-order valence-electron chi connectivity index (χ1n) is 7.55. The molecule has 2 heterocycles. The summed E-state index contributed by atoms with van der Waals surface area (Å²) < 4.78 is 27.0. The largest absolute Gasteiger partial charge is 0.328 e. The van der Waals surface area contributed by atoms with Crippen molar-refractivity contribution >= 4 is 10.2 Å². The van der Waals surface area contributed by atoms with E-state index in [2.05, 4.69) is 4.90 Å². The molecule has 0 spiro atoms. The third-order valence-corrected chi connectivity index (χ3v) is 6.45. The summed E-state index contributed by atoms with van der Waals surface area (Å²) in [5.41, 5.74) is 5.92. The van der Waals surface area contributed by atoms with Gasteiger partial charge in [0.15, 0.2) is 0 Å². The van der Waals surface area contributed by atoms with Crippen molar-refractivity contribution in [2.24, 2.45) is 11.7 Å². The minimum atomic E-state index is -3.23. The van der Waals surface area contributed by atoms with Crippen molar-refractivity contribution in [3.05, 3.63) is 0 Å². The number of rotatable bonds is 4. The maximum absolute atomic E-state index is 12.0. The number of hydrogen-bond donors (Lipinski definition) is 1. The Morgan fingerprint density at radius 2 is 1.60 bits per heavy atom. The van der Waals surface area contributed by atoms with Gasteiger partial charge in [-0.05, 0) is 44.7 Å². The fourth-order valence-electron chi connectivity index (χ4n) is 3.05. The molecule has 7 heteroatoms. The van der Waals surface area contributed by atoms with Gasteiger partial charge in [-0.15, -0.1) is 0 Å². The van der Waals surface area contributed by atoms with Gasteiger partial charge in [0.05, 0.1) is 0 Å². The van der Waals surface area contributed by atoms with E-state index in [9.17, 15) is 8.42 Å². The Morgan fingerprint density at radius 1 is 1.05 bits per heavy atom. The summed E-state index contributed by atoms with van der Waals surface area (Å²) in [6.45, 7) is 4.59. The minimum absolute atomic E-state index is 0.373. The number of hydrogen-bond acceptors (Lipinski definition) is 4. The van der Waals surface area contributed by atoms with E-state index in [0.717, 1.165) is 45.3 Å². The predicted octanol–water partition coefficient (Wildman–Crippen LogP) is -0.0721. The normalized spacial score (nSPS) is 25.4. The van der Waals surface area contributed by atoms with Crippen molar-refractivity contribution in [2.75, 3.05) is 46.8 Å². The van der Waals surface area contributed by atoms with Gasteiger partial charge in [0, 0.05) is 39.8 Å². The molecule has 0 aromatic heterocycles. The number of likely N-dealkylation sites (tertiary alicyclic amines) is 1. The van der Waals surface area contributed by atoms with Crippen molar-refractivity contribution in [1.29, 1.82) is 0 Å². The van der Waals surface area contributed by atoms with E-state index in [1.165, 1.54) is 4.31 Å². The molecule has 2 rings (SSSR count). The highest BCUT2D eigenvalue weighted by Gasteiger charge is 2.30. The van der Waals surface area contributed by atoms with E-state index in [1.54, 1.807) is 18.4 Å². The average Bonchev–Trinajstić information content (AvgIpc) is 2.42. The quantitative estimate of drug-likeness (QED) is 0.789. The second-order valence-electron chi connectivity index (χ2n) is 6.27. The number of nitrogens with two attached hydrogens (primary N) is 1. The molecular weight excluding hydrogens is 276 g/mol. The van der Waals surface area contributed by atoms with Crippen LogP contribution in [0.25, 0.3) is 0 Å². The summed E-state index contributed by atoms with van der Waals surface area (Å²) in [7, 11) is -0.0360. The van der Waals surface area contributed by atoms with E-state index < -0.39 is 10.2 Å². The van der Waals surface area contributed by atoms with Gasteiger partial charge < -0.3 is 10.6 Å². The average molecular weight is 304 g/mol. The van der Waals surface area contributed by atoms with Gasteiger partial charge in [-0.25, -0.2) is 0 Å². The lowest BCUT2D eigenvalue weighted by atomic mass is 9.96. The Balaban J connectivity index is 1.77. The Morgan fingerprint density at radius 3 is 2.10 bits per heavy atom. The zero-order valence-electron chi connectivity index (χ0n) is 12.7. The van der Waals surface area contributed by atoms with Crippen LogP contribution in [0.4, 0.5) is 0 Å². The third kappa shape index (κ3) is 3.92. The Hall–Kier alpha value is -0.210. The SMILES string of the molecule is CN(C)S(=O)(=O)N1CCC(CN2CCC(N)CC2)CC1. The molecule has 0 aromatic carbocycles. The first kappa shape index (κ1) is 16.2. The lowest BCUT2D eigenvalue weighted by Crippen LogP contribution is -2.47. The maximum atomic E-state index is 12.0. The van der Waals surface area contributed by atoms with Crippen molar-refractivity contribution in [2.45, 2.75) is 31.7 Å². The summed E-state index contributed by atoms with van der Waals surface area (Å²) in [5.74, 6) is 0.623. The summed E-state index contributed by atoms with van der Waals surface area (Å²) in [6, 6.07) is 0.373. The van der Waals surface area contributed by atoms with E-state index in [1.807, 2.05) is 0 Å². The summed E-state index contributed by atoms with van der Waals surface area (Å²) in [4.78, 5) is 2.49. The van der Waals surface area contributed by atoms with Gasteiger partial charge in [0.1, 0.15) is 0 Å². The molecule has 0 unspecified atom stereocenters. The zero-order chi connectivity index (χ0) is 14.8. The van der Waals surface area contributed by atoms with Gasteiger partial charge in [-0.1, -0.05) is 0 Å². The second kappa shape index (κ2) is 6.70. The Bertz CT molecular complexity index is 397. The molecule has 0 aliphatic carbocycles. The molecule has 0 bridgehead atoms. The lowest BCUT2D eigenvalue weighted by Gasteiger charge is -2.37. The molecule has 2 N–H and O–H groups in total. The molecule has 6 nitrogen and oxygen atoms in total. The van der Waals surface area contributed by atoms with E-state index in [0.29, 0.717) is 25.0 Å². The fourth-order valence-corrected chi connectivity index (χ4v) is 4.19. The smallest absolute Gasteiger partial charge is 0.281 e. The molecule has 0 amide bonds. The van der Waals surface area contributed by atoms with Crippen molar-refractivity contribution < 1.29 is 8.42 Å². The van der Waals surface area contributed by atoms with Gasteiger partial charge in [0.25, 0.3) is 10.2 Å². The van der Waals surface area contributed by atoms with Crippen LogP contribution in [0.15, 0.2) is 0 Å². The molecule has 118 valence electrons. The highest BCUT2D eigenvalue weighted by atomic mass is 32.2. The Kier molecular flexibility index (Phi) is 5.42. The molecule has 2 fully saturated rings. The first-order chi connectivity index (χ1) is 9.39. The van der Waals surface area contributed by atoms with Crippen molar-refractivity contribution in [1.82, 2.24) is 13.5 Å². The van der Waals surface area contributed by atoms with Gasteiger partial charge in [0.2, 0.25) is 0 Å². The minimum Gasteiger partial charge on any atom is -0.328 e. The molecule has 0 aromatic rings. The van der Waals surface area contributed by atoms with Crippen LogP contribution in [0.1, 0.15) is 25.7 Å². The monoisotopic (exact) mass is 304 g/mol. The summed E-state index contributed by atoms with van der Waals surface area (Å²) in [5, 5.41) is 0. The predicted molar refractivity (Wildman–Crippen MR) is 80.6 cm³/mol. The van der Waals surface area contributed by atoms with E-state index in [4.69, 9.17) is 5.73 Å². The number of piperidine rings is 2. The van der Waals surface area contributed by atoms with Crippen molar-refractivity contribution in [3.63, 3.8) is 0 Å². The molecular formula is C13H28N4O2S. The topological polar surface area (TPSA) is 69.9 Å².